The summed E-state index contributed by atoms with van der Waals surface area (Å²) in [6, 6.07) is 13.9. The number of benzene rings is 2. The van der Waals surface area contributed by atoms with Crippen LogP contribution in [0, 0.1) is 0 Å². The summed E-state index contributed by atoms with van der Waals surface area (Å²) in [5.41, 5.74) is 2.48. The zero-order valence-electron chi connectivity index (χ0n) is 21.0. The number of aliphatic carboxylic acids is 1. The highest BCUT2D eigenvalue weighted by Crippen LogP contribution is 2.21. The maximum absolute atomic E-state index is 12.8. The second-order valence-corrected chi connectivity index (χ2v) is 10.6. The molecular formula is C26H30N6O6S. The molecule has 0 spiro atoms. The fourth-order valence-corrected chi connectivity index (χ4v) is 5.14. The fourth-order valence-electron chi connectivity index (χ4n) is 3.95. The number of sulfonamides is 1. The van der Waals surface area contributed by atoms with E-state index in [1.54, 1.807) is 24.5 Å². The van der Waals surface area contributed by atoms with Crippen LogP contribution in [0.1, 0.15) is 25.7 Å². The van der Waals surface area contributed by atoms with E-state index in [4.69, 9.17) is 4.84 Å². The molecule has 2 atom stereocenters. The molecule has 1 aliphatic heterocycles. The standard InChI is InChI=1S/C26H30N6O6S/c33-24(23-16-20(31-38-23)8-4-5-13-27-26-28-14-15-29-26)30-17-22(25(34)35)32-39(36,37)21-11-9-19(10-12-21)18-6-2-1-3-7-18/h1-3,6-7,9-12,14-15,22-23,32H,4-5,8,13,16-17H2,(H,30,33)(H,34,35)(H2,27,28,29). The molecule has 39 heavy (non-hydrogen) atoms. The van der Waals surface area contributed by atoms with Crippen LogP contribution in [-0.4, -0.2) is 66.3 Å². The van der Waals surface area contributed by atoms with E-state index in [1.165, 1.54) is 12.1 Å². The van der Waals surface area contributed by atoms with Crippen molar-refractivity contribution in [1.29, 1.82) is 0 Å². The molecule has 3 aromatic rings. The first-order chi connectivity index (χ1) is 18.8. The third-order valence-electron chi connectivity index (χ3n) is 6.05. The Balaban J connectivity index is 1.22. The van der Waals surface area contributed by atoms with Gasteiger partial charge in [-0.1, -0.05) is 47.6 Å². The number of amides is 1. The lowest BCUT2D eigenvalue weighted by molar-refractivity contribution is -0.139. The van der Waals surface area contributed by atoms with Crippen molar-refractivity contribution in [2.45, 2.75) is 42.7 Å². The van der Waals surface area contributed by atoms with Crippen LogP contribution in [0.25, 0.3) is 11.1 Å². The number of H-pyrrole nitrogens is 1. The van der Waals surface area contributed by atoms with Crippen molar-refractivity contribution in [2.75, 3.05) is 18.4 Å². The molecule has 4 rings (SSSR count). The lowest BCUT2D eigenvalue weighted by Crippen LogP contribution is -2.49. The number of carbonyl (C=O) groups is 2. The van der Waals surface area contributed by atoms with E-state index in [1.807, 2.05) is 30.3 Å². The van der Waals surface area contributed by atoms with Gasteiger partial charge in [0.15, 0.2) is 5.95 Å². The van der Waals surface area contributed by atoms with Crippen LogP contribution in [0.3, 0.4) is 0 Å². The summed E-state index contributed by atoms with van der Waals surface area (Å²) in [5, 5.41) is 19.1. The Morgan fingerprint density at radius 2 is 1.82 bits per heavy atom. The van der Waals surface area contributed by atoms with Gasteiger partial charge in [-0.05, 0) is 42.5 Å². The minimum Gasteiger partial charge on any atom is -0.480 e. The van der Waals surface area contributed by atoms with Crippen LogP contribution in [0.4, 0.5) is 5.95 Å². The number of carboxylic acid groups (broad SMARTS) is 1. The molecule has 2 aromatic carbocycles. The first-order valence-corrected chi connectivity index (χ1v) is 13.9. The molecule has 0 saturated heterocycles. The lowest BCUT2D eigenvalue weighted by Gasteiger charge is -2.17. The molecule has 5 N–H and O–H groups in total. The summed E-state index contributed by atoms with van der Waals surface area (Å²) in [6.45, 7) is 0.276. The highest BCUT2D eigenvalue weighted by molar-refractivity contribution is 7.89. The van der Waals surface area contributed by atoms with Crippen molar-refractivity contribution in [3.63, 3.8) is 0 Å². The Bertz CT molecular complexity index is 1380. The van der Waals surface area contributed by atoms with Gasteiger partial charge in [-0.2, -0.15) is 4.72 Å². The summed E-state index contributed by atoms with van der Waals surface area (Å²) in [7, 11) is -4.16. The number of aromatic nitrogens is 2. The van der Waals surface area contributed by atoms with Gasteiger partial charge in [0.2, 0.25) is 16.1 Å². The molecule has 206 valence electrons. The van der Waals surface area contributed by atoms with Gasteiger partial charge in [0, 0.05) is 31.9 Å². The number of unbranched alkanes of at least 4 members (excludes halogenated alkanes) is 1. The van der Waals surface area contributed by atoms with Crippen LogP contribution >= 0.6 is 0 Å². The molecule has 0 radical (unpaired) electrons. The molecule has 2 unspecified atom stereocenters. The summed E-state index contributed by atoms with van der Waals surface area (Å²) in [4.78, 5) is 36.4. The molecular weight excluding hydrogens is 524 g/mol. The molecule has 0 saturated carbocycles. The van der Waals surface area contributed by atoms with Gasteiger partial charge < -0.3 is 25.6 Å². The number of carbonyl (C=O) groups excluding carboxylic acids is 1. The predicted molar refractivity (Wildman–Crippen MR) is 144 cm³/mol. The van der Waals surface area contributed by atoms with E-state index < -0.39 is 40.6 Å². The van der Waals surface area contributed by atoms with Gasteiger partial charge >= 0.3 is 5.97 Å². The molecule has 1 aliphatic rings. The largest absolute Gasteiger partial charge is 0.480 e. The van der Waals surface area contributed by atoms with Crippen molar-refractivity contribution in [3.05, 3.63) is 67.0 Å². The van der Waals surface area contributed by atoms with E-state index in [-0.39, 0.29) is 11.3 Å². The average Bonchev–Trinajstić information content (AvgIpc) is 3.64. The number of carboxylic acids is 1. The highest BCUT2D eigenvalue weighted by atomic mass is 32.2. The minimum absolute atomic E-state index is 0.0868. The predicted octanol–water partition coefficient (Wildman–Crippen LogP) is 2.35. The first-order valence-electron chi connectivity index (χ1n) is 12.4. The molecule has 1 amide bonds. The summed E-state index contributed by atoms with van der Waals surface area (Å²) < 4.78 is 27.8. The van der Waals surface area contributed by atoms with Crippen LogP contribution in [-0.2, 0) is 24.4 Å². The third kappa shape index (κ3) is 7.88. The van der Waals surface area contributed by atoms with E-state index >= 15 is 0 Å². The van der Waals surface area contributed by atoms with Gasteiger partial charge in [-0.15, -0.1) is 0 Å². The minimum atomic E-state index is -4.16. The van der Waals surface area contributed by atoms with Gasteiger partial charge in [0.25, 0.3) is 5.91 Å². The highest BCUT2D eigenvalue weighted by Gasteiger charge is 2.30. The molecule has 2 heterocycles. The molecule has 13 heteroatoms. The Labute approximate surface area is 225 Å². The van der Waals surface area contributed by atoms with Crippen LogP contribution in [0.2, 0.25) is 0 Å². The smallest absolute Gasteiger partial charge is 0.323 e. The monoisotopic (exact) mass is 554 g/mol. The van der Waals surface area contributed by atoms with Gasteiger partial charge in [0.05, 0.1) is 10.6 Å². The Hall–Kier alpha value is -4.23. The van der Waals surface area contributed by atoms with E-state index in [0.29, 0.717) is 12.4 Å². The van der Waals surface area contributed by atoms with Gasteiger partial charge in [-0.3, -0.25) is 9.59 Å². The Morgan fingerprint density at radius 1 is 1.08 bits per heavy atom. The van der Waals surface area contributed by atoms with Gasteiger partial charge in [-0.25, -0.2) is 13.4 Å². The number of rotatable bonds is 14. The Morgan fingerprint density at radius 3 is 2.51 bits per heavy atom. The molecule has 12 nitrogen and oxygen atoms in total. The normalized spacial score (nSPS) is 15.7. The van der Waals surface area contributed by atoms with Crippen LogP contribution in [0.15, 0.2) is 77.0 Å². The van der Waals surface area contributed by atoms with Crippen molar-refractivity contribution >= 4 is 33.6 Å². The van der Waals surface area contributed by atoms with Crippen LogP contribution < -0.4 is 15.4 Å². The quantitative estimate of drug-likeness (QED) is 0.189. The molecule has 0 fully saturated rings. The summed E-state index contributed by atoms with van der Waals surface area (Å²) in [6.07, 6.45) is 5.15. The van der Waals surface area contributed by atoms with Crippen molar-refractivity contribution in [2.24, 2.45) is 5.16 Å². The van der Waals surface area contributed by atoms with Crippen molar-refractivity contribution in [1.82, 2.24) is 20.0 Å². The molecule has 1 aromatic heterocycles. The van der Waals surface area contributed by atoms with Crippen molar-refractivity contribution in [3.8, 4) is 11.1 Å². The topological polar surface area (TPSA) is 175 Å². The number of hydrogen-bond acceptors (Lipinski definition) is 8. The number of anilines is 1. The number of nitrogens with one attached hydrogen (secondary N) is 4. The number of imidazole rings is 1. The van der Waals surface area contributed by atoms with E-state index in [2.05, 4.69) is 30.5 Å². The zero-order chi connectivity index (χ0) is 27.7. The summed E-state index contributed by atoms with van der Waals surface area (Å²) >= 11 is 0. The van der Waals surface area contributed by atoms with E-state index in [9.17, 15) is 23.1 Å². The second kappa shape index (κ2) is 13.0. The SMILES string of the molecule is O=C(O)C(CNC(=O)C1CC(CCCCNc2ncc[nH]2)=NO1)NS(=O)(=O)c1ccc(-c2ccccc2)cc1. The van der Waals surface area contributed by atoms with Crippen LogP contribution in [0.5, 0.6) is 0 Å². The number of aromatic amines is 1. The third-order valence-corrected chi connectivity index (χ3v) is 7.54. The number of oxime groups is 1. The lowest BCUT2D eigenvalue weighted by atomic mass is 10.1. The van der Waals surface area contributed by atoms with Crippen molar-refractivity contribution < 1.29 is 28.0 Å². The maximum atomic E-state index is 12.8. The second-order valence-electron chi connectivity index (χ2n) is 8.93. The maximum Gasteiger partial charge on any atom is 0.323 e. The molecule has 0 bridgehead atoms. The zero-order valence-corrected chi connectivity index (χ0v) is 21.9. The Kier molecular flexibility index (Phi) is 9.28. The summed E-state index contributed by atoms with van der Waals surface area (Å²) in [5.74, 6) is -1.28. The first kappa shape index (κ1) is 27.8. The number of nitrogens with zero attached hydrogens (tertiary/aromatic N) is 2. The molecule has 0 aliphatic carbocycles. The number of hydrogen-bond donors (Lipinski definition) is 5. The van der Waals surface area contributed by atoms with Gasteiger partial charge in [0.1, 0.15) is 6.04 Å². The average molecular weight is 555 g/mol. The van der Waals surface area contributed by atoms with E-state index in [0.717, 1.165) is 36.2 Å². The fraction of sp³-hybridized carbons (Fsp3) is 0.308.